The van der Waals surface area contributed by atoms with Crippen molar-refractivity contribution >= 4 is 11.9 Å². The smallest absolute Gasteiger partial charge is 0.308 e. The van der Waals surface area contributed by atoms with Gasteiger partial charge in [0.1, 0.15) is 0 Å². The fraction of sp³-hybridized carbons (Fsp3) is 0.333. The number of rotatable bonds is 9. The van der Waals surface area contributed by atoms with E-state index in [9.17, 15) is 9.59 Å². The molecule has 0 fully saturated rings. The van der Waals surface area contributed by atoms with Gasteiger partial charge in [0, 0.05) is 12.8 Å². The Morgan fingerprint density at radius 3 is 2.62 bits per heavy atom. The Hall–Kier alpha value is -3.42. The van der Waals surface area contributed by atoms with Gasteiger partial charge in [0.2, 0.25) is 17.6 Å². The van der Waals surface area contributed by atoms with E-state index in [1.54, 1.807) is 26.0 Å². The maximum atomic E-state index is 12.5. The molecule has 0 saturated heterocycles. The van der Waals surface area contributed by atoms with Crippen molar-refractivity contribution in [1.82, 2.24) is 15.5 Å². The highest BCUT2D eigenvalue weighted by Gasteiger charge is 2.20. The number of aromatic nitrogens is 2. The molecular weight excluding hydrogens is 374 g/mol. The molecule has 1 unspecified atom stereocenters. The number of carbonyl (C=O) groups is 2. The number of carbonyl (C=O) groups excluding carboxylic acids is 2. The highest BCUT2D eigenvalue weighted by atomic mass is 16.5. The van der Waals surface area contributed by atoms with Gasteiger partial charge in [-0.25, -0.2) is 0 Å². The van der Waals surface area contributed by atoms with Gasteiger partial charge in [-0.15, -0.1) is 0 Å². The van der Waals surface area contributed by atoms with Crippen molar-refractivity contribution in [3.63, 3.8) is 0 Å². The molecule has 3 aromatic rings. The molecule has 8 nitrogen and oxygen atoms in total. The molecule has 1 amide bonds. The Kier molecular flexibility index (Phi) is 6.78. The first-order valence-electron chi connectivity index (χ1n) is 9.41. The van der Waals surface area contributed by atoms with Crippen LogP contribution >= 0.6 is 0 Å². The van der Waals surface area contributed by atoms with E-state index in [-0.39, 0.29) is 37.2 Å². The third-order valence-electron chi connectivity index (χ3n) is 4.05. The van der Waals surface area contributed by atoms with Gasteiger partial charge >= 0.3 is 5.97 Å². The van der Waals surface area contributed by atoms with Crippen molar-refractivity contribution in [2.75, 3.05) is 0 Å². The second-order valence-electron chi connectivity index (χ2n) is 6.76. The summed E-state index contributed by atoms with van der Waals surface area (Å²) in [6.45, 7) is 3.57. The van der Waals surface area contributed by atoms with Crippen LogP contribution in [0.15, 0.2) is 57.7 Å². The number of esters is 1. The summed E-state index contributed by atoms with van der Waals surface area (Å²) in [5.74, 6) is 0.575. The fourth-order valence-electron chi connectivity index (χ4n) is 2.76. The van der Waals surface area contributed by atoms with Crippen LogP contribution < -0.4 is 5.32 Å². The number of ether oxygens (including phenoxy) is 1. The Bertz CT molecular complexity index is 919. The summed E-state index contributed by atoms with van der Waals surface area (Å²) in [6.07, 6.45) is 1.78. The lowest BCUT2D eigenvalue weighted by atomic mass is 10.0. The van der Waals surface area contributed by atoms with E-state index in [2.05, 4.69) is 15.5 Å². The lowest BCUT2D eigenvalue weighted by Crippen LogP contribution is -2.31. The quantitative estimate of drug-likeness (QED) is 0.551. The summed E-state index contributed by atoms with van der Waals surface area (Å²) >= 11 is 0. The zero-order valence-electron chi connectivity index (χ0n) is 16.3. The van der Waals surface area contributed by atoms with Crippen molar-refractivity contribution in [2.24, 2.45) is 0 Å². The van der Waals surface area contributed by atoms with Gasteiger partial charge in [0.15, 0.2) is 5.76 Å². The van der Waals surface area contributed by atoms with Crippen LogP contribution in [0.25, 0.3) is 11.6 Å². The molecular formula is C21H23N3O5. The van der Waals surface area contributed by atoms with Crippen LogP contribution in [0, 0.1) is 0 Å². The molecule has 3 rings (SSSR count). The SMILES string of the molecule is CC(C)OC(=O)CC(NC(=O)CCc1nc(-c2ccco2)no1)c1ccccc1. The molecule has 152 valence electrons. The molecule has 1 atom stereocenters. The van der Waals surface area contributed by atoms with Crippen LogP contribution in [0.1, 0.15) is 44.2 Å². The summed E-state index contributed by atoms with van der Waals surface area (Å²) in [6, 6.07) is 12.3. The first-order chi connectivity index (χ1) is 14.0. The van der Waals surface area contributed by atoms with Gasteiger partial charge in [-0.05, 0) is 31.5 Å². The maximum Gasteiger partial charge on any atom is 0.308 e. The molecule has 2 heterocycles. The minimum Gasteiger partial charge on any atom is -0.463 e. The Morgan fingerprint density at radius 2 is 1.93 bits per heavy atom. The lowest BCUT2D eigenvalue weighted by molar-refractivity contribution is -0.148. The Balaban J connectivity index is 1.58. The topological polar surface area (TPSA) is 107 Å². The van der Waals surface area contributed by atoms with Gasteiger partial charge in [0.25, 0.3) is 0 Å². The summed E-state index contributed by atoms with van der Waals surface area (Å²) in [4.78, 5) is 28.8. The van der Waals surface area contributed by atoms with Crippen molar-refractivity contribution < 1.29 is 23.3 Å². The molecule has 0 aliphatic rings. The predicted octanol–water partition coefficient (Wildman–Crippen LogP) is 3.46. The van der Waals surface area contributed by atoms with E-state index in [0.29, 0.717) is 17.5 Å². The third-order valence-corrected chi connectivity index (χ3v) is 4.05. The average Bonchev–Trinajstić information content (AvgIpc) is 3.37. The molecule has 1 N–H and O–H groups in total. The molecule has 0 aliphatic heterocycles. The number of amides is 1. The number of hydrogen-bond acceptors (Lipinski definition) is 7. The van der Waals surface area contributed by atoms with E-state index >= 15 is 0 Å². The Labute approximate surface area is 168 Å². The summed E-state index contributed by atoms with van der Waals surface area (Å²) in [5, 5.41) is 6.73. The second kappa shape index (κ2) is 9.68. The molecule has 2 aromatic heterocycles. The molecule has 0 aliphatic carbocycles. The highest BCUT2D eigenvalue weighted by Crippen LogP contribution is 2.19. The van der Waals surface area contributed by atoms with Gasteiger partial charge < -0.3 is 19.0 Å². The van der Waals surface area contributed by atoms with Crippen molar-refractivity contribution in [2.45, 2.75) is 45.3 Å². The minimum absolute atomic E-state index is 0.0527. The number of aryl methyl sites for hydroxylation is 1. The number of benzene rings is 1. The fourth-order valence-corrected chi connectivity index (χ4v) is 2.76. The van der Waals surface area contributed by atoms with Crippen LogP contribution in [0.5, 0.6) is 0 Å². The normalized spacial score (nSPS) is 12.0. The lowest BCUT2D eigenvalue weighted by Gasteiger charge is -2.19. The van der Waals surface area contributed by atoms with Crippen molar-refractivity contribution in [1.29, 1.82) is 0 Å². The van der Waals surface area contributed by atoms with Gasteiger partial charge in [-0.3, -0.25) is 9.59 Å². The van der Waals surface area contributed by atoms with Crippen LogP contribution in [0.4, 0.5) is 0 Å². The van der Waals surface area contributed by atoms with Crippen molar-refractivity contribution in [3.8, 4) is 11.6 Å². The Morgan fingerprint density at radius 1 is 1.14 bits per heavy atom. The molecule has 8 heteroatoms. The minimum atomic E-state index is -0.476. The maximum absolute atomic E-state index is 12.5. The van der Waals surface area contributed by atoms with Crippen LogP contribution in [0.3, 0.4) is 0 Å². The summed E-state index contributed by atoms with van der Waals surface area (Å²) < 4.78 is 15.6. The zero-order valence-corrected chi connectivity index (χ0v) is 16.3. The van der Waals surface area contributed by atoms with Crippen molar-refractivity contribution in [3.05, 3.63) is 60.2 Å². The van der Waals surface area contributed by atoms with E-state index in [1.165, 1.54) is 6.26 Å². The first-order valence-corrected chi connectivity index (χ1v) is 9.41. The number of furan rings is 1. The third kappa shape index (κ3) is 6.03. The van der Waals surface area contributed by atoms with Gasteiger partial charge in [-0.1, -0.05) is 35.5 Å². The zero-order chi connectivity index (χ0) is 20.6. The number of nitrogens with zero attached hydrogens (tertiary/aromatic N) is 2. The van der Waals surface area contributed by atoms with Crippen LogP contribution in [0.2, 0.25) is 0 Å². The molecule has 0 saturated carbocycles. The molecule has 0 bridgehead atoms. The largest absolute Gasteiger partial charge is 0.463 e. The number of hydrogen-bond donors (Lipinski definition) is 1. The first kappa shape index (κ1) is 20.3. The monoisotopic (exact) mass is 397 g/mol. The van der Waals surface area contributed by atoms with Gasteiger partial charge in [-0.2, -0.15) is 4.98 Å². The standard InChI is InChI=1S/C21H23N3O5/c1-14(2)28-20(26)13-16(15-7-4-3-5-8-15)22-18(25)10-11-19-23-21(24-29-19)17-9-6-12-27-17/h3-9,12,14,16H,10-11,13H2,1-2H3,(H,22,25). The van der Waals surface area contributed by atoms with E-state index in [1.807, 2.05) is 30.3 Å². The average molecular weight is 397 g/mol. The predicted molar refractivity (Wildman–Crippen MR) is 103 cm³/mol. The van der Waals surface area contributed by atoms with E-state index in [0.717, 1.165) is 5.56 Å². The second-order valence-corrected chi connectivity index (χ2v) is 6.76. The van der Waals surface area contributed by atoms with E-state index in [4.69, 9.17) is 13.7 Å². The highest BCUT2D eigenvalue weighted by molar-refractivity contribution is 5.78. The van der Waals surface area contributed by atoms with E-state index < -0.39 is 6.04 Å². The molecule has 29 heavy (non-hydrogen) atoms. The van der Waals surface area contributed by atoms with Crippen LogP contribution in [-0.4, -0.2) is 28.1 Å². The molecule has 1 aromatic carbocycles. The summed E-state index contributed by atoms with van der Waals surface area (Å²) in [7, 11) is 0. The molecule has 0 spiro atoms. The molecule has 0 radical (unpaired) electrons. The van der Waals surface area contributed by atoms with Crippen LogP contribution in [-0.2, 0) is 20.7 Å². The number of nitrogens with one attached hydrogen (secondary N) is 1. The van der Waals surface area contributed by atoms with Gasteiger partial charge in [0.05, 0.1) is 24.8 Å². The summed E-state index contributed by atoms with van der Waals surface area (Å²) in [5.41, 5.74) is 0.833.